The van der Waals surface area contributed by atoms with Gasteiger partial charge < -0.3 is 5.73 Å². The summed E-state index contributed by atoms with van der Waals surface area (Å²) in [4.78, 5) is 1.04. The van der Waals surface area contributed by atoms with E-state index in [-0.39, 0.29) is 6.04 Å². The summed E-state index contributed by atoms with van der Waals surface area (Å²) in [6.45, 7) is 4.14. The van der Waals surface area contributed by atoms with E-state index in [0.717, 1.165) is 21.0 Å². The van der Waals surface area contributed by atoms with Gasteiger partial charge in [0.25, 0.3) is 0 Å². The summed E-state index contributed by atoms with van der Waals surface area (Å²) in [5.74, 6) is 0. The Kier molecular flexibility index (Phi) is 3.55. The van der Waals surface area contributed by atoms with Crippen molar-refractivity contribution in [3.8, 4) is 0 Å². The molecule has 0 amide bonds. The monoisotopic (exact) mass is 301 g/mol. The molecule has 1 nitrogen and oxygen atoms in total. The van der Waals surface area contributed by atoms with Crippen LogP contribution >= 0.6 is 22.9 Å². The maximum Gasteiger partial charge on any atom is 0.0667 e. The predicted octanol–water partition coefficient (Wildman–Crippen LogP) is 5.22. The van der Waals surface area contributed by atoms with Crippen molar-refractivity contribution in [2.24, 2.45) is 5.73 Å². The van der Waals surface area contributed by atoms with Gasteiger partial charge in [0.2, 0.25) is 0 Å². The first-order chi connectivity index (χ1) is 9.59. The van der Waals surface area contributed by atoms with Crippen LogP contribution in [-0.4, -0.2) is 0 Å². The number of rotatable bonds is 2. The summed E-state index contributed by atoms with van der Waals surface area (Å²) in [6, 6.07) is 12.5. The Bertz CT molecular complexity index is 776. The van der Waals surface area contributed by atoms with E-state index in [9.17, 15) is 0 Å². The van der Waals surface area contributed by atoms with Gasteiger partial charge in [-0.15, -0.1) is 11.3 Å². The second kappa shape index (κ2) is 5.21. The molecule has 0 radical (unpaired) electrons. The molecule has 3 rings (SSSR count). The number of hydrogen-bond acceptors (Lipinski definition) is 2. The molecule has 0 aliphatic rings. The average molecular weight is 302 g/mol. The van der Waals surface area contributed by atoms with Crippen LogP contribution in [0, 0.1) is 13.8 Å². The lowest BCUT2D eigenvalue weighted by molar-refractivity contribution is 0.902. The zero-order valence-electron chi connectivity index (χ0n) is 11.5. The zero-order valence-corrected chi connectivity index (χ0v) is 13.1. The fourth-order valence-electron chi connectivity index (χ4n) is 2.54. The summed E-state index contributed by atoms with van der Waals surface area (Å²) in [7, 11) is 0. The summed E-state index contributed by atoms with van der Waals surface area (Å²) in [6.07, 6.45) is 0. The number of fused-ring (bicyclic) bond motifs is 1. The van der Waals surface area contributed by atoms with Gasteiger partial charge in [-0.25, -0.2) is 0 Å². The molecule has 1 atom stereocenters. The van der Waals surface area contributed by atoms with Crippen LogP contribution in [0.25, 0.3) is 10.8 Å². The fraction of sp³-hybridized carbons (Fsp3) is 0.176. The zero-order chi connectivity index (χ0) is 14.3. The van der Waals surface area contributed by atoms with Gasteiger partial charge in [-0.1, -0.05) is 48.0 Å². The van der Waals surface area contributed by atoms with E-state index in [1.54, 1.807) is 11.3 Å². The molecule has 0 bridgehead atoms. The normalized spacial score (nSPS) is 12.8. The standard InChI is InChI=1S/C17H16ClNS/c1-10-7-8-14(13-6-4-3-5-12(10)13)16(19)17-15(18)11(2)9-20-17/h3-9,16H,19H2,1-2H3. The second-order valence-electron chi connectivity index (χ2n) is 5.09. The van der Waals surface area contributed by atoms with Crippen LogP contribution in [0.3, 0.4) is 0 Å². The molecule has 0 aliphatic heterocycles. The van der Waals surface area contributed by atoms with Crippen molar-refractivity contribution in [1.82, 2.24) is 0 Å². The van der Waals surface area contributed by atoms with Crippen LogP contribution in [0.15, 0.2) is 41.8 Å². The van der Waals surface area contributed by atoms with Crippen LogP contribution in [-0.2, 0) is 0 Å². The third kappa shape index (κ3) is 2.14. The van der Waals surface area contributed by atoms with E-state index >= 15 is 0 Å². The third-order valence-electron chi connectivity index (χ3n) is 3.72. The molecule has 1 unspecified atom stereocenters. The van der Waals surface area contributed by atoms with Crippen LogP contribution < -0.4 is 5.73 Å². The number of thiophene rings is 1. The topological polar surface area (TPSA) is 26.0 Å². The van der Waals surface area contributed by atoms with Gasteiger partial charge >= 0.3 is 0 Å². The highest BCUT2D eigenvalue weighted by atomic mass is 35.5. The highest BCUT2D eigenvalue weighted by Gasteiger charge is 2.18. The van der Waals surface area contributed by atoms with Crippen molar-refractivity contribution in [1.29, 1.82) is 0 Å². The number of hydrogen-bond donors (Lipinski definition) is 1. The third-order valence-corrected chi connectivity index (χ3v) is 5.52. The predicted molar refractivity (Wildman–Crippen MR) is 88.8 cm³/mol. The largest absolute Gasteiger partial charge is 0.320 e. The van der Waals surface area contributed by atoms with Crippen LogP contribution in [0.5, 0.6) is 0 Å². The summed E-state index contributed by atoms with van der Waals surface area (Å²) in [5.41, 5.74) is 9.97. The van der Waals surface area contributed by atoms with Gasteiger partial charge in [0.05, 0.1) is 11.1 Å². The van der Waals surface area contributed by atoms with Crippen molar-refractivity contribution in [2.45, 2.75) is 19.9 Å². The van der Waals surface area contributed by atoms with E-state index < -0.39 is 0 Å². The lowest BCUT2D eigenvalue weighted by Crippen LogP contribution is -2.11. The second-order valence-corrected chi connectivity index (χ2v) is 6.38. The Balaban J connectivity index is 2.20. The minimum Gasteiger partial charge on any atom is -0.320 e. The van der Waals surface area contributed by atoms with Crippen LogP contribution in [0.1, 0.15) is 27.6 Å². The molecule has 0 aliphatic carbocycles. The molecule has 20 heavy (non-hydrogen) atoms. The van der Waals surface area contributed by atoms with Crippen molar-refractivity contribution in [3.63, 3.8) is 0 Å². The Labute approximate surface area is 128 Å². The average Bonchev–Trinajstić information content (AvgIpc) is 2.79. The molecule has 3 heteroatoms. The molecule has 1 aromatic heterocycles. The van der Waals surface area contributed by atoms with E-state index in [4.69, 9.17) is 17.3 Å². The lowest BCUT2D eigenvalue weighted by atomic mass is 9.95. The van der Waals surface area contributed by atoms with Crippen molar-refractivity contribution in [3.05, 3.63) is 68.4 Å². The summed E-state index contributed by atoms with van der Waals surface area (Å²) >= 11 is 8.00. The Morgan fingerprint density at radius 1 is 1.00 bits per heavy atom. The molecule has 2 aromatic carbocycles. The van der Waals surface area contributed by atoms with Crippen molar-refractivity contribution < 1.29 is 0 Å². The Hall–Kier alpha value is -1.35. The van der Waals surface area contributed by atoms with Gasteiger partial charge in [-0.3, -0.25) is 0 Å². The first-order valence-corrected chi connectivity index (χ1v) is 7.82. The maximum atomic E-state index is 6.47. The molecule has 0 spiro atoms. The van der Waals surface area contributed by atoms with E-state index in [2.05, 4.69) is 48.7 Å². The van der Waals surface area contributed by atoms with Crippen molar-refractivity contribution in [2.75, 3.05) is 0 Å². The highest BCUT2D eigenvalue weighted by Crippen LogP contribution is 2.37. The van der Waals surface area contributed by atoms with Gasteiger partial charge in [0.15, 0.2) is 0 Å². The Morgan fingerprint density at radius 3 is 2.35 bits per heavy atom. The van der Waals surface area contributed by atoms with E-state index in [1.165, 1.54) is 16.3 Å². The molecule has 1 heterocycles. The minimum absolute atomic E-state index is 0.174. The first kappa shape index (κ1) is 13.6. The molecule has 0 saturated carbocycles. The first-order valence-electron chi connectivity index (χ1n) is 6.57. The number of halogens is 1. The molecule has 3 aromatic rings. The minimum atomic E-state index is -0.174. The summed E-state index contributed by atoms with van der Waals surface area (Å²) < 4.78 is 0. The van der Waals surface area contributed by atoms with Crippen LogP contribution in [0.4, 0.5) is 0 Å². The highest BCUT2D eigenvalue weighted by molar-refractivity contribution is 7.10. The van der Waals surface area contributed by atoms with E-state index in [1.807, 2.05) is 6.92 Å². The molecule has 0 fully saturated rings. The SMILES string of the molecule is Cc1csc(C(N)c2ccc(C)c3ccccc23)c1Cl. The summed E-state index contributed by atoms with van der Waals surface area (Å²) in [5, 5.41) is 5.33. The lowest BCUT2D eigenvalue weighted by Gasteiger charge is -2.15. The molecular weight excluding hydrogens is 286 g/mol. The van der Waals surface area contributed by atoms with Gasteiger partial charge in [0, 0.05) is 4.88 Å². The fourth-order valence-corrected chi connectivity index (χ4v) is 3.88. The number of nitrogens with two attached hydrogens (primary N) is 1. The molecule has 0 saturated heterocycles. The smallest absolute Gasteiger partial charge is 0.0667 e. The van der Waals surface area contributed by atoms with Crippen molar-refractivity contribution >= 4 is 33.7 Å². The number of benzene rings is 2. The van der Waals surface area contributed by atoms with E-state index in [0.29, 0.717) is 0 Å². The van der Waals surface area contributed by atoms with Gasteiger partial charge in [0.1, 0.15) is 0 Å². The quantitative estimate of drug-likeness (QED) is 0.690. The maximum absolute atomic E-state index is 6.47. The van der Waals surface area contributed by atoms with Crippen LogP contribution in [0.2, 0.25) is 5.02 Å². The molecule has 2 N–H and O–H groups in total. The molecule has 102 valence electrons. The van der Waals surface area contributed by atoms with Gasteiger partial charge in [-0.05, 0) is 46.7 Å². The Morgan fingerprint density at radius 2 is 1.70 bits per heavy atom. The molecular formula is C17H16ClNS. The number of aryl methyl sites for hydroxylation is 2. The van der Waals surface area contributed by atoms with Gasteiger partial charge in [-0.2, -0.15) is 0 Å².